The van der Waals surface area contributed by atoms with Crippen LogP contribution in [-0.2, 0) is 0 Å². The minimum Gasteiger partial charge on any atom is -0.104 e. The monoisotopic (exact) mass is 342 g/mol. The Hall–Kier alpha value is 0.430. The van der Waals surface area contributed by atoms with Crippen molar-refractivity contribution in [3.05, 3.63) is 0 Å². The van der Waals surface area contributed by atoms with Crippen LogP contribution >= 0.6 is 7.92 Å². The molecule has 1 unspecified atom stereocenters. The molecule has 0 aromatic carbocycles. The van der Waals surface area contributed by atoms with Crippen LogP contribution in [0.1, 0.15) is 124 Å². The van der Waals surface area contributed by atoms with E-state index in [-0.39, 0.29) is 0 Å². The summed E-state index contributed by atoms with van der Waals surface area (Å²) in [6, 6.07) is 0. The first-order chi connectivity index (χ1) is 11.3. The van der Waals surface area contributed by atoms with Crippen LogP contribution in [-0.4, -0.2) is 18.0 Å². The molecule has 23 heavy (non-hydrogen) atoms. The van der Waals surface area contributed by atoms with E-state index in [0.717, 1.165) is 5.66 Å². The lowest BCUT2D eigenvalue weighted by molar-refractivity contribution is 0.587. The Morgan fingerprint density at radius 1 is 0.478 bits per heavy atom. The third-order valence-electron chi connectivity index (χ3n) is 5.15. The molecule has 0 aromatic heterocycles. The summed E-state index contributed by atoms with van der Waals surface area (Å²) in [5.74, 6) is 0. The van der Waals surface area contributed by atoms with E-state index < -0.39 is 0 Å². The van der Waals surface area contributed by atoms with Crippen molar-refractivity contribution in [1.29, 1.82) is 0 Å². The number of unbranched alkanes of at least 4 members (excludes halogenated alkanes) is 9. The standard InChI is InChI=1S/C22H47P/c1-5-9-13-16-20-23(21-17-14-10-6-2)22(18-12-8-4)19-15-11-7-3/h22H,5-21H2,1-4H3. The van der Waals surface area contributed by atoms with Gasteiger partial charge in [-0.3, -0.25) is 0 Å². The van der Waals surface area contributed by atoms with Gasteiger partial charge in [0.25, 0.3) is 0 Å². The van der Waals surface area contributed by atoms with Gasteiger partial charge in [-0.1, -0.05) is 98.3 Å². The molecule has 140 valence electrons. The maximum Gasteiger partial charge on any atom is -0.0209 e. The lowest BCUT2D eigenvalue weighted by atomic mass is 10.1. The average molecular weight is 343 g/mol. The molecule has 1 atom stereocenters. The van der Waals surface area contributed by atoms with E-state index in [0.29, 0.717) is 7.92 Å². The molecule has 0 saturated heterocycles. The Bertz CT molecular complexity index is 202. The van der Waals surface area contributed by atoms with Gasteiger partial charge in [0.15, 0.2) is 0 Å². The van der Waals surface area contributed by atoms with Gasteiger partial charge in [0, 0.05) is 0 Å². The minimum absolute atomic E-state index is 0.314. The largest absolute Gasteiger partial charge is 0.104 e. The smallest absolute Gasteiger partial charge is 0.0209 e. The van der Waals surface area contributed by atoms with Gasteiger partial charge in [-0.2, -0.15) is 0 Å². The van der Waals surface area contributed by atoms with Crippen molar-refractivity contribution >= 4 is 7.92 Å². The highest BCUT2D eigenvalue weighted by Crippen LogP contribution is 2.47. The summed E-state index contributed by atoms with van der Waals surface area (Å²) in [6.45, 7) is 9.39. The molecule has 0 aliphatic rings. The highest BCUT2D eigenvalue weighted by molar-refractivity contribution is 7.58. The summed E-state index contributed by atoms with van der Waals surface area (Å²) in [6.07, 6.45) is 25.1. The van der Waals surface area contributed by atoms with Gasteiger partial charge in [-0.25, -0.2) is 0 Å². The predicted octanol–water partition coefficient (Wildman–Crippen LogP) is 8.77. The van der Waals surface area contributed by atoms with E-state index in [2.05, 4.69) is 27.7 Å². The predicted molar refractivity (Wildman–Crippen MR) is 112 cm³/mol. The lowest BCUT2D eigenvalue weighted by Crippen LogP contribution is -2.11. The maximum absolute atomic E-state index is 2.37. The third-order valence-corrected chi connectivity index (χ3v) is 8.48. The zero-order valence-electron chi connectivity index (χ0n) is 17.0. The number of hydrogen-bond acceptors (Lipinski definition) is 0. The molecule has 0 bridgehead atoms. The van der Waals surface area contributed by atoms with E-state index in [9.17, 15) is 0 Å². The minimum atomic E-state index is 0.314. The van der Waals surface area contributed by atoms with E-state index >= 15 is 0 Å². The Balaban J connectivity index is 4.40. The first kappa shape index (κ1) is 23.4. The van der Waals surface area contributed by atoms with Gasteiger partial charge in [0.1, 0.15) is 0 Å². The van der Waals surface area contributed by atoms with Crippen molar-refractivity contribution < 1.29 is 0 Å². The van der Waals surface area contributed by atoms with Crippen molar-refractivity contribution in [2.45, 2.75) is 130 Å². The van der Waals surface area contributed by atoms with Gasteiger partial charge in [-0.05, 0) is 43.7 Å². The quantitative estimate of drug-likeness (QED) is 0.172. The molecule has 0 nitrogen and oxygen atoms in total. The van der Waals surface area contributed by atoms with Crippen LogP contribution in [0.15, 0.2) is 0 Å². The van der Waals surface area contributed by atoms with Gasteiger partial charge in [0.2, 0.25) is 0 Å². The Morgan fingerprint density at radius 3 is 1.39 bits per heavy atom. The van der Waals surface area contributed by atoms with Crippen molar-refractivity contribution in [2.24, 2.45) is 0 Å². The molecule has 0 aromatic rings. The van der Waals surface area contributed by atoms with E-state index in [1.165, 1.54) is 89.9 Å². The van der Waals surface area contributed by atoms with E-state index in [1.54, 1.807) is 18.7 Å². The molecule has 0 aliphatic carbocycles. The second kappa shape index (κ2) is 18.8. The first-order valence-corrected chi connectivity index (χ1v) is 12.8. The molecule has 0 fully saturated rings. The first-order valence-electron chi connectivity index (χ1n) is 11.0. The van der Waals surface area contributed by atoms with Crippen LogP contribution in [0.5, 0.6) is 0 Å². The van der Waals surface area contributed by atoms with Gasteiger partial charge in [0.05, 0.1) is 0 Å². The van der Waals surface area contributed by atoms with Crippen LogP contribution in [0.25, 0.3) is 0 Å². The summed E-state index contributed by atoms with van der Waals surface area (Å²) >= 11 is 0. The fraction of sp³-hybridized carbons (Fsp3) is 1.00. The molecule has 0 amide bonds. The van der Waals surface area contributed by atoms with E-state index in [4.69, 9.17) is 0 Å². The van der Waals surface area contributed by atoms with Crippen LogP contribution in [0.3, 0.4) is 0 Å². The van der Waals surface area contributed by atoms with Crippen LogP contribution < -0.4 is 0 Å². The zero-order chi connectivity index (χ0) is 17.2. The summed E-state index contributed by atoms with van der Waals surface area (Å²) in [4.78, 5) is 0. The second-order valence-corrected chi connectivity index (χ2v) is 10.3. The Morgan fingerprint density at radius 2 is 0.913 bits per heavy atom. The summed E-state index contributed by atoms with van der Waals surface area (Å²) in [5, 5.41) is 0. The van der Waals surface area contributed by atoms with Crippen molar-refractivity contribution in [3.63, 3.8) is 0 Å². The highest BCUT2D eigenvalue weighted by atomic mass is 31.1. The molecule has 0 aliphatic heterocycles. The van der Waals surface area contributed by atoms with E-state index in [1.807, 2.05) is 0 Å². The summed E-state index contributed by atoms with van der Waals surface area (Å²) in [7, 11) is 0.314. The molecule has 0 spiro atoms. The molecule has 1 heteroatoms. The number of hydrogen-bond donors (Lipinski definition) is 0. The molecule has 0 N–H and O–H groups in total. The van der Waals surface area contributed by atoms with Crippen molar-refractivity contribution in [3.8, 4) is 0 Å². The second-order valence-electron chi connectivity index (χ2n) is 7.45. The Labute approximate surface area is 150 Å². The van der Waals surface area contributed by atoms with Crippen LogP contribution in [0.2, 0.25) is 0 Å². The molecular formula is C22H47P. The summed E-state index contributed by atoms with van der Waals surface area (Å²) < 4.78 is 0. The highest BCUT2D eigenvalue weighted by Gasteiger charge is 2.19. The topological polar surface area (TPSA) is 0 Å². The van der Waals surface area contributed by atoms with Crippen LogP contribution in [0.4, 0.5) is 0 Å². The molecular weight excluding hydrogens is 295 g/mol. The molecule has 0 rings (SSSR count). The van der Waals surface area contributed by atoms with Gasteiger partial charge < -0.3 is 0 Å². The van der Waals surface area contributed by atoms with Gasteiger partial charge >= 0.3 is 0 Å². The van der Waals surface area contributed by atoms with Crippen molar-refractivity contribution in [2.75, 3.05) is 12.3 Å². The Kier molecular flexibility index (Phi) is 19.1. The van der Waals surface area contributed by atoms with Crippen molar-refractivity contribution in [1.82, 2.24) is 0 Å². The maximum atomic E-state index is 2.37. The third kappa shape index (κ3) is 14.5. The van der Waals surface area contributed by atoms with Gasteiger partial charge in [-0.15, -0.1) is 7.92 Å². The molecule has 0 radical (unpaired) electrons. The number of rotatable bonds is 18. The molecule has 0 heterocycles. The lowest BCUT2D eigenvalue weighted by Gasteiger charge is -2.28. The van der Waals surface area contributed by atoms with Crippen LogP contribution in [0, 0.1) is 0 Å². The fourth-order valence-electron chi connectivity index (χ4n) is 3.54. The average Bonchev–Trinajstić information content (AvgIpc) is 2.57. The molecule has 0 saturated carbocycles. The summed E-state index contributed by atoms with van der Waals surface area (Å²) in [5.41, 5.74) is 1.10. The fourth-order valence-corrected chi connectivity index (χ4v) is 6.85. The SMILES string of the molecule is CCCCCCP(CCCCCC)C(CCCC)CCCCC. The normalized spacial score (nSPS) is 12.9. The zero-order valence-corrected chi connectivity index (χ0v) is 17.9.